The normalized spacial score (nSPS) is 23.8. The number of carbonyl (C=O) groups excluding carboxylic acids is 1. The zero-order valence-electron chi connectivity index (χ0n) is 14.6. The Morgan fingerprint density at radius 1 is 1.27 bits per heavy atom. The number of para-hydroxylation sites is 1. The molecular weight excluding hydrogens is 340 g/mol. The third-order valence-electron chi connectivity index (χ3n) is 5.40. The number of nitrogens with zero attached hydrogens (tertiary/aromatic N) is 2. The van der Waals surface area contributed by atoms with Crippen molar-refractivity contribution in [3.05, 3.63) is 39.4 Å². The predicted octanol–water partition coefficient (Wildman–Crippen LogP) is 2.25. The molecule has 8 heteroatoms. The van der Waals surface area contributed by atoms with E-state index in [9.17, 15) is 24.8 Å². The Morgan fingerprint density at radius 3 is 2.58 bits per heavy atom. The summed E-state index contributed by atoms with van der Waals surface area (Å²) in [6.45, 7) is 2.96. The summed E-state index contributed by atoms with van der Waals surface area (Å²) in [4.78, 5) is 36.5. The van der Waals surface area contributed by atoms with Crippen LogP contribution in [0.2, 0.25) is 0 Å². The molecule has 2 aliphatic rings. The molecule has 0 aliphatic carbocycles. The van der Waals surface area contributed by atoms with E-state index in [1.54, 1.807) is 24.0 Å². The minimum absolute atomic E-state index is 0.0927. The third kappa shape index (κ3) is 3.41. The van der Waals surface area contributed by atoms with Gasteiger partial charge in [0.2, 0.25) is 0 Å². The van der Waals surface area contributed by atoms with Crippen LogP contribution in [0.1, 0.15) is 35.2 Å². The Balaban J connectivity index is 1.69. The van der Waals surface area contributed by atoms with Gasteiger partial charge in [0.25, 0.3) is 11.6 Å². The number of carboxylic acid groups (broad SMARTS) is 1. The lowest BCUT2D eigenvalue weighted by Crippen LogP contribution is -2.43. The minimum Gasteiger partial charge on any atom is -0.481 e. The van der Waals surface area contributed by atoms with E-state index in [-0.39, 0.29) is 29.2 Å². The number of carbonyl (C=O) groups is 2. The molecule has 1 unspecified atom stereocenters. The van der Waals surface area contributed by atoms with Crippen molar-refractivity contribution < 1.29 is 24.4 Å². The van der Waals surface area contributed by atoms with Gasteiger partial charge in [0, 0.05) is 25.3 Å². The van der Waals surface area contributed by atoms with Crippen LogP contribution in [0.15, 0.2) is 18.2 Å². The topological polar surface area (TPSA) is 110 Å². The van der Waals surface area contributed by atoms with Crippen LogP contribution in [0.25, 0.3) is 0 Å². The van der Waals surface area contributed by atoms with E-state index in [4.69, 9.17) is 4.74 Å². The van der Waals surface area contributed by atoms with Crippen molar-refractivity contribution in [2.45, 2.75) is 32.3 Å². The molecule has 0 spiro atoms. The van der Waals surface area contributed by atoms with E-state index >= 15 is 0 Å². The lowest BCUT2D eigenvalue weighted by Gasteiger charge is -2.35. The smallest absolute Gasteiger partial charge is 0.309 e. The molecule has 3 rings (SSSR count). The second-order valence-electron chi connectivity index (χ2n) is 6.93. The molecule has 26 heavy (non-hydrogen) atoms. The third-order valence-corrected chi connectivity index (χ3v) is 5.40. The first-order chi connectivity index (χ1) is 12.4. The van der Waals surface area contributed by atoms with Crippen molar-refractivity contribution in [3.63, 3.8) is 0 Å². The van der Waals surface area contributed by atoms with Gasteiger partial charge in [-0.3, -0.25) is 19.7 Å². The Labute approximate surface area is 150 Å². The highest BCUT2D eigenvalue weighted by Crippen LogP contribution is 2.34. The molecular formula is C18H22N2O6. The molecule has 0 radical (unpaired) electrons. The number of nitro benzene ring substituents is 1. The number of benzene rings is 1. The van der Waals surface area contributed by atoms with E-state index in [1.807, 2.05) is 0 Å². The van der Waals surface area contributed by atoms with Crippen LogP contribution in [0.4, 0.5) is 5.69 Å². The lowest BCUT2D eigenvalue weighted by atomic mass is 9.84. The number of hydrogen-bond donors (Lipinski definition) is 1. The first-order valence-electron chi connectivity index (χ1n) is 8.78. The average molecular weight is 362 g/mol. The fourth-order valence-electron chi connectivity index (χ4n) is 4.02. The quantitative estimate of drug-likeness (QED) is 0.650. The summed E-state index contributed by atoms with van der Waals surface area (Å²) in [6, 6.07) is 4.75. The molecule has 2 atom stereocenters. The van der Waals surface area contributed by atoms with E-state index in [0.29, 0.717) is 44.5 Å². The fraction of sp³-hybridized carbons (Fsp3) is 0.556. The highest BCUT2D eigenvalue weighted by atomic mass is 16.6. The number of amides is 1. The van der Waals surface area contributed by atoms with Gasteiger partial charge in [0.05, 0.1) is 16.9 Å². The second-order valence-corrected chi connectivity index (χ2v) is 6.93. The number of hydrogen-bond acceptors (Lipinski definition) is 5. The van der Waals surface area contributed by atoms with Gasteiger partial charge in [-0.25, -0.2) is 0 Å². The van der Waals surface area contributed by atoms with Gasteiger partial charge in [0.1, 0.15) is 5.56 Å². The van der Waals surface area contributed by atoms with E-state index in [1.165, 1.54) is 6.07 Å². The van der Waals surface area contributed by atoms with Gasteiger partial charge in [-0.05, 0) is 38.2 Å². The molecule has 0 bridgehead atoms. The molecule has 8 nitrogen and oxygen atoms in total. The Kier molecular flexibility index (Phi) is 5.22. The number of rotatable bonds is 4. The summed E-state index contributed by atoms with van der Waals surface area (Å²) < 4.78 is 5.64. The molecule has 0 aromatic heterocycles. The zero-order chi connectivity index (χ0) is 18.8. The van der Waals surface area contributed by atoms with Crippen molar-refractivity contribution in [1.29, 1.82) is 0 Å². The maximum Gasteiger partial charge on any atom is 0.309 e. The van der Waals surface area contributed by atoms with E-state index in [2.05, 4.69) is 0 Å². The van der Waals surface area contributed by atoms with E-state index in [0.717, 1.165) is 0 Å². The molecule has 140 valence electrons. The van der Waals surface area contributed by atoms with Crippen molar-refractivity contribution in [2.24, 2.45) is 11.8 Å². The molecule has 1 aromatic carbocycles. The second kappa shape index (κ2) is 7.41. The number of nitro groups is 1. The van der Waals surface area contributed by atoms with Gasteiger partial charge in [-0.15, -0.1) is 0 Å². The van der Waals surface area contributed by atoms with Gasteiger partial charge in [-0.2, -0.15) is 0 Å². The number of carboxylic acids is 1. The number of aliphatic carboxylic acids is 1. The summed E-state index contributed by atoms with van der Waals surface area (Å²) in [5.41, 5.74) is 0.415. The van der Waals surface area contributed by atoms with Crippen LogP contribution in [0.5, 0.6) is 0 Å². The van der Waals surface area contributed by atoms with Crippen molar-refractivity contribution in [1.82, 2.24) is 4.90 Å². The van der Waals surface area contributed by atoms with Crippen LogP contribution in [-0.2, 0) is 9.53 Å². The lowest BCUT2D eigenvalue weighted by molar-refractivity contribution is -0.385. The van der Waals surface area contributed by atoms with Crippen LogP contribution >= 0.6 is 0 Å². The highest BCUT2D eigenvalue weighted by molar-refractivity contribution is 5.98. The van der Waals surface area contributed by atoms with Gasteiger partial charge >= 0.3 is 5.97 Å². The summed E-state index contributed by atoms with van der Waals surface area (Å²) in [5.74, 6) is -1.57. The molecule has 2 saturated heterocycles. The van der Waals surface area contributed by atoms with Crippen molar-refractivity contribution >= 4 is 17.6 Å². The molecule has 2 aliphatic heterocycles. The number of piperidine rings is 1. The monoisotopic (exact) mass is 362 g/mol. The summed E-state index contributed by atoms with van der Waals surface area (Å²) in [7, 11) is 0. The van der Waals surface area contributed by atoms with Crippen LogP contribution in [0, 0.1) is 28.9 Å². The summed E-state index contributed by atoms with van der Waals surface area (Å²) in [5, 5.41) is 20.6. The Morgan fingerprint density at radius 2 is 1.96 bits per heavy atom. The zero-order valence-corrected chi connectivity index (χ0v) is 14.6. The highest BCUT2D eigenvalue weighted by Gasteiger charge is 2.41. The molecule has 0 saturated carbocycles. The molecule has 1 amide bonds. The number of likely N-dealkylation sites (tertiary alicyclic amines) is 1. The first kappa shape index (κ1) is 18.3. The number of ether oxygens (including phenoxy) is 1. The van der Waals surface area contributed by atoms with Crippen molar-refractivity contribution in [3.8, 4) is 0 Å². The van der Waals surface area contributed by atoms with Crippen molar-refractivity contribution in [2.75, 3.05) is 19.7 Å². The maximum absolute atomic E-state index is 12.8. The fourth-order valence-corrected chi connectivity index (χ4v) is 4.02. The summed E-state index contributed by atoms with van der Waals surface area (Å²) in [6.07, 6.45) is 1.49. The molecule has 1 aromatic rings. The largest absolute Gasteiger partial charge is 0.481 e. The predicted molar refractivity (Wildman–Crippen MR) is 91.9 cm³/mol. The molecule has 1 N–H and O–H groups in total. The standard InChI is InChI=1S/C18H22N2O6/c1-11-3-2-4-13(15(11)20(24)25)17(21)19-8-5-12(6-9-19)16-14(18(22)23)7-10-26-16/h2-4,12,14,16H,5-10H2,1H3,(H,22,23)/t14?,16-/m0/s1. The van der Waals surface area contributed by atoms with Crippen LogP contribution in [0.3, 0.4) is 0 Å². The van der Waals surface area contributed by atoms with Crippen LogP contribution in [-0.4, -0.2) is 52.6 Å². The number of aryl methyl sites for hydroxylation is 1. The van der Waals surface area contributed by atoms with Gasteiger partial charge < -0.3 is 14.7 Å². The van der Waals surface area contributed by atoms with Crippen LogP contribution < -0.4 is 0 Å². The molecule has 2 fully saturated rings. The SMILES string of the molecule is Cc1cccc(C(=O)N2CCC([C@@H]3OCCC3C(=O)O)CC2)c1[N+](=O)[O-]. The first-order valence-corrected chi connectivity index (χ1v) is 8.78. The Bertz CT molecular complexity index is 726. The maximum atomic E-state index is 12.8. The minimum atomic E-state index is -0.832. The Hall–Kier alpha value is -2.48. The summed E-state index contributed by atoms with van der Waals surface area (Å²) >= 11 is 0. The average Bonchev–Trinajstić information content (AvgIpc) is 3.10. The van der Waals surface area contributed by atoms with Gasteiger partial charge in [-0.1, -0.05) is 12.1 Å². The molecule has 2 heterocycles. The van der Waals surface area contributed by atoms with Gasteiger partial charge in [0.15, 0.2) is 0 Å². The van der Waals surface area contributed by atoms with E-state index < -0.39 is 16.8 Å².